The molecular formula is C19H20N2O5S. The van der Waals surface area contributed by atoms with Crippen molar-refractivity contribution in [3.63, 3.8) is 0 Å². The molecule has 0 aromatic heterocycles. The molecule has 1 atom stereocenters. The van der Waals surface area contributed by atoms with Crippen LogP contribution in [0.5, 0.6) is 0 Å². The summed E-state index contributed by atoms with van der Waals surface area (Å²) in [5, 5.41) is 10.1. The van der Waals surface area contributed by atoms with Gasteiger partial charge in [0.05, 0.1) is 15.1 Å². The Hall–Kier alpha value is -2.74. The molecule has 1 saturated heterocycles. The summed E-state index contributed by atoms with van der Waals surface area (Å²) in [7, 11) is -3.44. The van der Waals surface area contributed by atoms with E-state index < -0.39 is 20.0 Å². The molecule has 142 valence electrons. The van der Waals surface area contributed by atoms with Gasteiger partial charge in [-0.1, -0.05) is 30.3 Å². The highest BCUT2D eigenvalue weighted by molar-refractivity contribution is 7.92. The highest BCUT2D eigenvalue weighted by Crippen LogP contribution is 2.24. The monoisotopic (exact) mass is 388 g/mol. The number of likely N-dealkylation sites (tertiary alicyclic amines) is 1. The van der Waals surface area contributed by atoms with E-state index in [1.165, 1.54) is 12.1 Å². The van der Waals surface area contributed by atoms with Crippen LogP contribution in [0.2, 0.25) is 0 Å². The van der Waals surface area contributed by atoms with Crippen LogP contribution in [0.1, 0.15) is 18.4 Å². The molecule has 0 saturated carbocycles. The van der Waals surface area contributed by atoms with Crippen molar-refractivity contribution in [3.8, 4) is 0 Å². The number of carbonyl (C=O) groups excluding carboxylic acids is 1. The molecule has 1 aliphatic heterocycles. The highest BCUT2D eigenvalue weighted by atomic mass is 32.2. The second kappa shape index (κ2) is 7.87. The molecule has 1 aliphatic rings. The minimum absolute atomic E-state index is 0.0126. The molecule has 2 aromatic carbocycles. The minimum Gasteiger partial charge on any atom is -0.341 e. The van der Waals surface area contributed by atoms with Crippen molar-refractivity contribution in [2.75, 3.05) is 13.1 Å². The third-order valence-electron chi connectivity index (χ3n) is 4.78. The fourth-order valence-electron chi connectivity index (χ4n) is 3.20. The first kappa shape index (κ1) is 19.0. The minimum atomic E-state index is -3.44. The van der Waals surface area contributed by atoms with E-state index in [2.05, 4.69) is 0 Å². The predicted molar refractivity (Wildman–Crippen MR) is 100 cm³/mol. The average Bonchev–Trinajstić information content (AvgIpc) is 3.18. The number of sulfone groups is 1. The first-order chi connectivity index (χ1) is 12.9. The Bertz CT molecular complexity index is 926. The maximum absolute atomic E-state index is 12.7. The zero-order chi connectivity index (χ0) is 19.4. The smallest absolute Gasteiger partial charge is 0.269 e. The van der Waals surface area contributed by atoms with Crippen LogP contribution in [0.4, 0.5) is 5.69 Å². The van der Waals surface area contributed by atoms with Crippen molar-refractivity contribution in [2.24, 2.45) is 0 Å². The first-order valence-electron chi connectivity index (χ1n) is 8.68. The normalized spacial score (nSPS) is 17.0. The summed E-state index contributed by atoms with van der Waals surface area (Å²) in [5.41, 5.74) is 0.847. The van der Waals surface area contributed by atoms with Crippen molar-refractivity contribution < 1.29 is 18.1 Å². The zero-order valence-corrected chi connectivity index (χ0v) is 15.5. The van der Waals surface area contributed by atoms with E-state index >= 15 is 0 Å². The van der Waals surface area contributed by atoms with Gasteiger partial charge in [-0.3, -0.25) is 14.9 Å². The molecule has 2 aromatic rings. The summed E-state index contributed by atoms with van der Waals surface area (Å²) in [6.07, 6.45) is 1.14. The fraction of sp³-hybridized carbons (Fsp3) is 0.316. The molecule has 3 rings (SSSR count). The Balaban J connectivity index is 1.57. The summed E-state index contributed by atoms with van der Waals surface area (Å²) >= 11 is 0. The van der Waals surface area contributed by atoms with E-state index in [0.29, 0.717) is 19.4 Å². The van der Waals surface area contributed by atoms with Gasteiger partial charge in [-0.25, -0.2) is 8.42 Å². The fourth-order valence-corrected chi connectivity index (χ4v) is 4.92. The Morgan fingerprint density at radius 3 is 2.41 bits per heavy atom. The van der Waals surface area contributed by atoms with Crippen LogP contribution in [-0.4, -0.2) is 42.5 Å². The van der Waals surface area contributed by atoms with Gasteiger partial charge in [0, 0.05) is 31.6 Å². The lowest BCUT2D eigenvalue weighted by Crippen LogP contribution is -2.32. The molecule has 27 heavy (non-hydrogen) atoms. The number of carbonyl (C=O) groups is 1. The number of nitrogens with zero attached hydrogens (tertiary/aromatic N) is 2. The lowest BCUT2D eigenvalue weighted by atomic mass is 10.1. The average molecular weight is 388 g/mol. The summed E-state index contributed by atoms with van der Waals surface area (Å²) in [5.74, 6) is -0.0980. The second-order valence-corrected chi connectivity index (χ2v) is 8.76. The lowest BCUT2D eigenvalue weighted by molar-refractivity contribution is -0.384. The number of hydrogen-bond acceptors (Lipinski definition) is 5. The standard InChI is InChI=1S/C19H20N2O5S/c22-19(11-8-15-6-9-16(10-7-15)21(23)24)20-13-12-18(14-20)27(25,26)17-4-2-1-3-5-17/h1-7,9-10,18H,8,11-14H2. The third-order valence-corrected chi connectivity index (χ3v) is 6.97. The molecule has 0 radical (unpaired) electrons. The van der Waals surface area contributed by atoms with Gasteiger partial charge in [-0.2, -0.15) is 0 Å². The van der Waals surface area contributed by atoms with Gasteiger partial charge in [-0.05, 0) is 30.5 Å². The van der Waals surface area contributed by atoms with E-state index in [-0.39, 0.29) is 29.5 Å². The molecule has 1 heterocycles. The van der Waals surface area contributed by atoms with Gasteiger partial charge in [-0.15, -0.1) is 0 Å². The van der Waals surface area contributed by atoms with Gasteiger partial charge >= 0.3 is 0 Å². The molecule has 1 fully saturated rings. The Morgan fingerprint density at radius 2 is 1.78 bits per heavy atom. The van der Waals surface area contributed by atoms with Gasteiger partial charge in [0.15, 0.2) is 9.84 Å². The number of non-ortho nitro benzene ring substituents is 1. The predicted octanol–water partition coefficient (Wildman–Crippen LogP) is 2.60. The van der Waals surface area contributed by atoms with E-state index in [9.17, 15) is 23.3 Å². The van der Waals surface area contributed by atoms with Crippen LogP contribution in [0.25, 0.3) is 0 Å². The van der Waals surface area contributed by atoms with Crippen molar-refractivity contribution in [1.82, 2.24) is 4.90 Å². The molecule has 1 unspecified atom stereocenters. The maximum Gasteiger partial charge on any atom is 0.269 e. The molecule has 0 bridgehead atoms. The van der Waals surface area contributed by atoms with E-state index in [4.69, 9.17) is 0 Å². The Kier molecular flexibility index (Phi) is 5.55. The molecule has 7 nitrogen and oxygen atoms in total. The van der Waals surface area contributed by atoms with E-state index in [0.717, 1.165) is 5.56 Å². The molecule has 8 heteroatoms. The second-order valence-electron chi connectivity index (χ2n) is 6.53. The highest BCUT2D eigenvalue weighted by Gasteiger charge is 2.35. The number of nitro groups is 1. The molecule has 0 N–H and O–H groups in total. The number of aryl methyl sites for hydroxylation is 1. The number of rotatable bonds is 6. The van der Waals surface area contributed by atoms with Crippen LogP contribution in [0.15, 0.2) is 59.5 Å². The van der Waals surface area contributed by atoms with Crippen LogP contribution >= 0.6 is 0 Å². The van der Waals surface area contributed by atoms with E-state index in [1.807, 2.05) is 0 Å². The van der Waals surface area contributed by atoms with Crippen LogP contribution in [0.3, 0.4) is 0 Å². The summed E-state index contributed by atoms with van der Waals surface area (Å²) in [6, 6.07) is 14.4. The van der Waals surface area contributed by atoms with Crippen LogP contribution < -0.4 is 0 Å². The van der Waals surface area contributed by atoms with Crippen molar-refractivity contribution >= 4 is 21.4 Å². The van der Waals surface area contributed by atoms with E-state index in [1.54, 1.807) is 47.4 Å². The Labute approximate surface area is 157 Å². The van der Waals surface area contributed by atoms with Gasteiger partial charge in [0.1, 0.15) is 0 Å². The molecule has 0 aliphatic carbocycles. The molecule has 1 amide bonds. The summed E-state index contributed by atoms with van der Waals surface area (Å²) in [6.45, 7) is 0.631. The largest absolute Gasteiger partial charge is 0.341 e. The lowest BCUT2D eigenvalue weighted by Gasteiger charge is -2.17. The zero-order valence-electron chi connectivity index (χ0n) is 14.7. The Morgan fingerprint density at radius 1 is 1.11 bits per heavy atom. The van der Waals surface area contributed by atoms with Gasteiger partial charge in [0.2, 0.25) is 5.91 Å². The number of amides is 1. The van der Waals surface area contributed by atoms with Crippen LogP contribution in [0, 0.1) is 10.1 Å². The van der Waals surface area contributed by atoms with Gasteiger partial charge in [0.25, 0.3) is 5.69 Å². The topological polar surface area (TPSA) is 97.6 Å². The van der Waals surface area contributed by atoms with Gasteiger partial charge < -0.3 is 4.90 Å². The SMILES string of the molecule is O=C(CCc1ccc([N+](=O)[O-])cc1)N1CCC(S(=O)(=O)c2ccccc2)C1. The molecular weight excluding hydrogens is 368 g/mol. The maximum atomic E-state index is 12.7. The number of hydrogen-bond donors (Lipinski definition) is 0. The summed E-state index contributed by atoms with van der Waals surface area (Å²) in [4.78, 5) is 24.5. The van der Waals surface area contributed by atoms with Crippen LogP contribution in [-0.2, 0) is 21.1 Å². The van der Waals surface area contributed by atoms with Crippen molar-refractivity contribution in [1.29, 1.82) is 0 Å². The van der Waals surface area contributed by atoms with Crippen molar-refractivity contribution in [3.05, 3.63) is 70.3 Å². The number of nitro benzene ring substituents is 1. The third kappa shape index (κ3) is 4.33. The quantitative estimate of drug-likeness (QED) is 0.560. The first-order valence-corrected chi connectivity index (χ1v) is 10.2. The number of benzene rings is 2. The summed E-state index contributed by atoms with van der Waals surface area (Å²) < 4.78 is 25.4. The molecule has 0 spiro atoms. The van der Waals surface area contributed by atoms with Crippen molar-refractivity contribution in [2.45, 2.75) is 29.4 Å².